The molecule has 0 radical (unpaired) electrons. The van der Waals surface area contributed by atoms with Gasteiger partial charge < -0.3 is 25.6 Å². The number of methoxy groups -OCH3 is 1. The summed E-state index contributed by atoms with van der Waals surface area (Å²) in [6.07, 6.45) is 1.49. The highest BCUT2D eigenvalue weighted by Gasteiger charge is 2.21. The van der Waals surface area contributed by atoms with Gasteiger partial charge in [-0.1, -0.05) is 18.2 Å². The molecule has 0 saturated carbocycles. The lowest BCUT2D eigenvalue weighted by atomic mass is 10.2. The number of carbonyl (C=O) groups is 2. The topological polar surface area (TPSA) is 145 Å². The van der Waals surface area contributed by atoms with Crippen molar-refractivity contribution in [3.63, 3.8) is 0 Å². The number of anilines is 3. The molecule has 0 spiro atoms. The number of hydrogen-bond donors (Lipinski definition) is 3. The monoisotopic (exact) mass is 590 g/mol. The number of amides is 2. The molecule has 1 aromatic carbocycles. The van der Waals surface area contributed by atoms with Crippen LogP contribution in [0.4, 0.5) is 17.3 Å². The molecule has 12 nitrogen and oxygen atoms in total. The summed E-state index contributed by atoms with van der Waals surface area (Å²) in [5.74, 6) is 0.934. The standard InChI is InChI=1S/C29H34N8O4S/c1-4-31-27(39)20(17-30)29-37(5-2)28(40)23(42-29)18-32-24-11-8-12-25(33-24)34-26(38)19-35-13-15-36(16-14-35)21-9-6-7-10-22(21)41-3/h6-12,18H,4-5,13-16,19H2,1-3H3,(H,31,39)(H2,32,33,34,38)/b23-18+,29-20-. The van der Waals surface area contributed by atoms with Crippen LogP contribution in [-0.4, -0.2) is 72.6 Å². The fraction of sp³-hybridized carbons (Fsp3) is 0.345. The lowest BCUT2D eigenvalue weighted by molar-refractivity contribution is -0.117. The van der Waals surface area contributed by atoms with Crippen molar-refractivity contribution >= 4 is 52.2 Å². The molecule has 1 aliphatic heterocycles. The van der Waals surface area contributed by atoms with E-state index in [1.54, 1.807) is 39.2 Å². The number of ether oxygens (including phenoxy) is 1. The Balaban J connectivity index is 1.40. The van der Waals surface area contributed by atoms with Crippen LogP contribution in [0.2, 0.25) is 0 Å². The van der Waals surface area contributed by atoms with Gasteiger partial charge in [0.25, 0.3) is 11.5 Å². The molecule has 1 saturated heterocycles. The number of rotatable bonds is 10. The molecular weight excluding hydrogens is 556 g/mol. The van der Waals surface area contributed by atoms with Gasteiger partial charge in [0.05, 0.1) is 19.3 Å². The third-order valence-corrected chi connectivity index (χ3v) is 7.78. The van der Waals surface area contributed by atoms with Crippen molar-refractivity contribution in [2.45, 2.75) is 20.4 Å². The van der Waals surface area contributed by atoms with Gasteiger partial charge in [-0.3, -0.25) is 23.9 Å². The maximum atomic E-state index is 12.9. The molecule has 3 N–H and O–H groups in total. The van der Waals surface area contributed by atoms with Crippen LogP contribution < -0.4 is 40.3 Å². The molecule has 1 aliphatic rings. The van der Waals surface area contributed by atoms with Crippen molar-refractivity contribution in [3.05, 3.63) is 62.0 Å². The number of nitriles is 1. The smallest absolute Gasteiger partial charge is 0.270 e. The summed E-state index contributed by atoms with van der Waals surface area (Å²) in [6, 6.07) is 15.0. The number of benzene rings is 1. The van der Waals surface area contributed by atoms with Crippen molar-refractivity contribution in [1.82, 2.24) is 19.8 Å². The van der Waals surface area contributed by atoms with Gasteiger partial charge in [-0.25, -0.2) is 4.98 Å². The van der Waals surface area contributed by atoms with Crippen molar-refractivity contribution in [3.8, 4) is 11.8 Å². The van der Waals surface area contributed by atoms with Gasteiger partial charge in [0, 0.05) is 45.5 Å². The molecule has 1 fully saturated rings. The largest absolute Gasteiger partial charge is 0.495 e. The van der Waals surface area contributed by atoms with E-state index < -0.39 is 5.91 Å². The molecule has 3 aromatic rings. The zero-order valence-corrected chi connectivity index (χ0v) is 24.7. The van der Waals surface area contributed by atoms with Gasteiger partial charge in [-0.05, 0) is 38.1 Å². The van der Waals surface area contributed by atoms with Gasteiger partial charge in [-0.2, -0.15) is 5.26 Å². The van der Waals surface area contributed by atoms with E-state index in [1.165, 1.54) is 10.8 Å². The predicted octanol–water partition coefficient (Wildman–Crippen LogP) is 0.754. The SMILES string of the molecule is CCNC(=O)/C(C#N)=c1\s/c(=C/Nc2cccc(NC(=O)CN3CCN(c4ccccc4OC)CC3)n2)c(=O)n1CC. The van der Waals surface area contributed by atoms with Crippen LogP contribution in [0.1, 0.15) is 13.8 Å². The van der Waals surface area contributed by atoms with E-state index >= 15 is 0 Å². The second-order valence-corrected chi connectivity index (χ2v) is 10.4. The maximum absolute atomic E-state index is 12.9. The van der Waals surface area contributed by atoms with E-state index in [2.05, 4.69) is 30.7 Å². The average molecular weight is 591 g/mol. The predicted molar refractivity (Wildman–Crippen MR) is 164 cm³/mol. The first kappa shape index (κ1) is 30.3. The molecule has 2 aromatic heterocycles. The average Bonchev–Trinajstić information content (AvgIpc) is 3.31. The molecule has 220 valence electrons. The molecule has 3 heterocycles. The Bertz CT molecular complexity index is 1650. The first-order chi connectivity index (χ1) is 20.4. The summed E-state index contributed by atoms with van der Waals surface area (Å²) >= 11 is 1.05. The van der Waals surface area contributed by atoms with Crippen LogP contribution in [0.3, 0.4) is 0 Å². The van der Waals surface area contributed by atoms with Crippen molar-refractivity contribution in [2.24, 2.45) is 0 Å². The summed E-state index contributed by atoms with van der Waals surface area (Å²) in [7, 11) is 1.66. The molecular formula is C29H34N8O4S. The van der Waals surface area contributed by atoms with Gasteiger partial charge in [0.1, 0.15) is 32.6 Å². The Kier molecular flexibility index (Phi) is 10.3. The van der Waals surface area contributed by atoms with E-state index in [4.69, 9.17) is 4.74 Å². The number of para-hydroxylation sites is 2. The second-order valence-electron chi connectivity index (χ2n) is 9.35. The third kappa shape index (κ3) is 7.15. The lowest BCUT2D eigenvalue weighted by Crippen LogP contribution is -2.48. The van der Waals surface area contributed by atoms with Crippen molar-refractivity contribution in [2.75, 3.05) is 61.9 Å². The van der Waals surface area contributed by atoms with Gasteiger partial charge in [-0.15, -0.1) is 11.3 Å². The first-order valence-corrected chi connectivity index (χ1v) is 14.5. The van der Waals surface area contributed by atoms with E-state index in [0.717, 1.165) is 49.0 Å². The molecule has 0 unspecified atom stereocenters. The number of pyridine rings is 1. The molecule has 2 amide bonds. The number of nitrogens with one attached hydrogen (secondary N) is 3. The molecule has 4 rings (SSSR count). The minimum absolute atomic E-state index is 0.107. The fourth-order valence-corrected chi connectivity index (χ4v) is 5.67. The summed E-state index contributed by atoms with van der Waals surface area (Å²) in [5.41, 5.74) is 0.620. The van der Waals surface area contributed by atoms with Gasteiger partial charge in [0.2, 0.25) is 5.91 Å². The van der Waals surface area contributed by atoms with Crippen LogP contribution in [0.5, 0.6) is 5.75 Å². The fourth-order valence-electron chi connectivity index (χ4n) is 4.58. The van der Waals surface area contributed by atoms with Crippen LogP contribution in [0.15, 0.2) is 47.3 Å². The third-order valence-electron chi connectivity index (χ3n) is 6.65. The Morgan fingerprint density at radius 1 is 1.10 bits per heavy atom. The second kappa shape index (κ2) is 14.3. The van der Waals surface area contributed by atoms with E-state index in [0.29, 0.717) is 33.9 Å². The molecule has 13 heteroatoms. The van der Waals surface area contributed by atoms with Crippen molar-refractivity contribution in [1.29, 1.82) is 5.26 Å². The van der Waals surface area contributed by atoms with E-state index in [-0.39, 0.29) is 23.6 Å². The van der Waals surface area contributed by atoms with Crippen molar-refractivity contribution < 1.29 is 14.3 Å². The summed E-state index contributed by atoms with van der Waals surface area (Å²) in [6.45, 7) is 7.47. The highest BCUT2D eigenvalue weighted by molar-refractivity contribution is 7.07. The number of aromatic nitrogens is 2. The molecule has 0 bridgehead atoms. The summed E-state index contributed by atoms with van der Waals surface area (Å²) in [5, 5.41) is 18.0. The lowest BCUT2D eigenvalue weighted by Gasteiger charge is -2.36. The maximum Gasteiger partial charge on any atom is 0.270 e. The van der Waals surface area contributed by atoms with Gasteiger partial charge in [0.15, 0.2) is 5.57 Å². The van der Waals surface area contributed by atoms with Gasteiger partial charge >= 0.3 is 0 Å². The Hall–Kier alpha value is -4.67. The van der Waals surface area contributed by atoms with Crippen LogP contribution in [-0.2, 0) is 16.1 Å². The van der Waals surface area contributed by atoms with Crippen LogP contribution in [0, 0.1) is 11.3 Å². The number of piperazine rings is 1. The van der Waals surface area contributed by atoms with Crippen LogP contribution in [0.25, 0.3) is 11.8 Å². The first-order valence-electron chi connectivity index (χ1n) is 13.6. The molecule has 0 atom stereocenters. The number of carbonyl (C=O) groups excluding carboxylic acids is 2. The zero-order valence-electron chi connectivity index (χ0n) is 23.8. The zero-order chi connectivity index (χ0) is 30.1. The Morgan fingerprint density at radius 3 is 2.52 bits per heavy atom. The van der Waals surface area contributed by atoms with Crippen LogP contribution >= 0.6 is 11.3 Å². The minimum atomic E-state index is -0.522. The highest BCUT2D eigenvalue weighted by atomic mass is 32.1. The van der Waals surface area contributed by atoms with E-state index in [9.17, 15) is 19.6 Å². The Morgan fingerprint density at radius 2 is 1.83 bits per heavy atom. The quantitative estimate of drug-likeness (QED) is 0.312. The Labute approximate surface area is 247 Å². The van der Waals surface area contributed by atoms with E-state index in [1.807, 2.05) is 30.3 Å². The number of hydrogen-bond acceptors (Lipinski definition) is 10. The normalized spacial score (nSPS) is 14.6. The molecule has 42 heavy (non-hydrogen) atoms. The molecule has 0 aliphatic carbocycles. The highest BCUT2D eigenvalue weighted by Crippen LogP contribution is 2.28. The number of thiazole rings is 1. The minimum Gasteiger partial charge on any atom is -0.495 e. The summed E-state index contributed by atoms with van der Waals surface area (Å²) in [4.78, 5) is 46.8. The number of nitrogens with zero attached hydrogens (tertiary/aromatic N) is 5. The summed E-state index contributed by atoms with van der Waals surface area (Å²) < 4.78 is 7.48.